The van der Waals surface area contributed by atoms with E-state index < -0.39 is 0 Å². The van der Waals surface area contributed by atoms with Crippen LogP contribution in [-0.2, 0) is 6.54 Å². The molecule has 0 saturated heterocycles. The van der Waals surface area contributed by atoms with Gasteiger partial charge in [0.05, 0.1) is 12.2 Å². The van der Waals surface area contributed by atoms with Crippen molar-refractivity contribution in [1.82, 2.24) is 14.8 Å². The number of aryl methyl sites for hydroxylation is 1. The lowest BCUT2D eigenvalue weighted by molar-refractivity contribution is 0.112. The largest absolute Gasteiger partial charge is 0.342 e. The van der Waals surface area contributed by atoms with Crippen LogP contribution >= 0.6 is 0 Å². The van der Waals surface area contributed by atoms with Gasteiger partial charge in [0.2, 0.25) is 0 Å². The Kier molecular flexibility index (Phi) is 2.81. The van der Waals surface area contributed by atoms with Crippen LogP contribution in [0.25, 0.3) is 0 Å². The highest BCUT2D eigenvalue weighted by Crippen LogP contribution is 2.14. The number of carbonyl (C=O) groups excluding carboxylic acids is 1. The summed E-state index contributed by atoms with van der Waals surface area (Å²) in [6, 6.07) is 5.67. The van der Waals surface area contributed by atoms with Crippen molar-refractivity contribution in [3.63, 3.8) is 0 Å². The van der Waals surface area contributed by atoms with Gasteiger partial charge in [0.15, 0.2) is 6.29 Å². The minimum atomic E-state index is 0.652. The summed E-state index contributed by atoms with van der Waals surface area (Å²) in [6.45, 7) is 4.57. The monoisotopic (exact) mass is 215 g/mol. The molecule has 0 bridgehead atoms. The van der Waals surface area contributed by atoms with Crippen LogP contribution in [0.2, 0.25) is 0 Å². The van der Waals surface area contributed by atoms with Gasteiger partial charge in [-0.3, -0.25) is 4.79 Å². The molecule has 2 aromatic rings. The van der Waals surface area contributed by atoms with E-state index in [0.717, 1.165) is 28.9 Å². The van der Waals surface area contributed by atoms with Crippen molar-refractivity contribution in [2.75, 3.05) is 0 Å². The van der Waals surface area contributed by atoms with E-state index in [-0.39, 0.29) is 0 Å². The molecule has 0 radical (unpaired) electrons. The first-order chi connectivity index (χ1) is 7.72. The highest BCUT2D eigenvalue weighted by molar-refractivity contribution is 5.77. The third-order valence-corrected chi connectivity index (χ3v) is 2.69. The molecule has 4 heteroatoms. The third-order valence-electron chi connectivity index (χ3n) is 2.69. The molecular weight excluding hydrogens is 202 g/mol. The molecule has 2 rings (SSSR count). The summed E-state index contributed by atoms with van der Waals surface area (Å²) in [5.74, 6) is 0. The van der Waals surface area contributed by atoms with E-state index >= 15 is 0 Å². The van der Waals surface area contributed by atoms with Crippen LogP contribution in [0.3, 0.4) is 0 Å². The zero-order valence-corrected chi connectivity index (χ0v) is 9.34. The second kappa shape index (κ2) is 4.26. The van der Waals surface area contributed by atoms with Crippen molar-refractivity contribution >= 4 is 6.29 Å². The SMILES string of the molecule is Cc1cc(C=O)c(C)n1Cc1cccnn1. The molecule has 0 aliphatic carbocycles. The average molecular weight is 215 g/mol. The van der Waals surface area contributed by atoms with Gasteiger partial charge in [-0.1, -0.05) is 0 Å². The fraction of sp³-hybridized carbons (Fsp3) is 0.250. The first kappa shape index (κ1) is 10.5. The van der Waals surface area contributed by atoms with E-state index in [1.807, 2.05) is 32.0 Å². The maximum Gasteiger partial charge on any atom is 0.151 e. The maximum atomic E-state index is 10.8. The van der Waals surface area contributed by atoms with Gasteiger partial charge in [0.1, 0.15) is 0 Å². The van der Waals surface area contributed by atoms with E-state index in [2.05, 4.69) is 14.8 Å². The first-order valence-electron chi connectivity index (χ1n) is 5.11. The van der Waals surface area contributed by atoms with Crippen LogP contribution in [0.4, 0.5) is 0 Å². The van der Waals surface area contributed by atoms with Crippen molar-refractivity contribution in [2.45, 2.75) is 20.4 Å². The van der Waals surface area contributed by atoms with Crippen molar-refractivity contribution in [1.29, 1.82) is 0 Å². The van der Waals surface area contributed by atoms with Crippen molar-refractivity contribution in [3.05, 3.63) is 47.0 Å². The summed E-state index contributed by atoms with van der Waals surface area (Å²) in [5, 5.41) is 7.87. The van der Waals surface area contributed by atoms with E-state index in [0.29, 0.717) is 6.54 Å². The number of hydrogen-bond acceptors (Lipinski definition) is 3. The summed E-state index contributed by atoms with van der Waals surface area (Å²) >= 11 is 0. The lowest BCUT2D eigenvalue weighted by atomic mass is 10.3. The van der Waals surface area contributed by atoms with Crippen LogP contribution in [0.15, 0.2) is 24.4 Å². The fourth-order valence-electron chi connectivity index (χ4n) is 1.77. The van der Waals surface area contributed by atoms with Crippen molar-refractivity contribution in [2.24, 2.45) is 0 Å². The highest BCUT2D eigenvalue weighted by Gasteiger charge is 2.08. The van der Waals surface area contributed by atoms with Crippen LogP contribution < -0.4 is 0 Å². The zero-order chi connectivity index (χ0) is 11.5. The molecule has 0 fully saturated rings. The molecule has 0 saturated carbocycles. The van der Waals surface area contributed by atoms with Crippen LogP contribution in [0.1, 0.15) is 27.4 Å². The molecule has 0 N–H and O–H groups in total. The molecule has 0 spiro atoms. The number of nitrogens with zero attached hydrogens (tertiary/aromatic N) is 3. The molecular formula is C12H13N3O. The number of hydrogen-bond donors (Lipinski definition) is 0. The van der Waals surface area contributed by atoms with Gasteiger partial charge in [0.25, 0.3) is 0 Å². The van der Waals surface area contributed by atoms with E-state index in [1.54, 1.807) is 6.20 Å². The molecule has 2 aromatic heterocycles. The van der Waals surface area contributed by atoms with Gasteiger partial charge in [-0.05, 0) is 32.0 Å². The topological polar surface area (TPSA) is 47.8 Å². The quantitative estimate of drug-likeness (QED) is 0.733. The summed E-state index contributed by atoms with van der Waals surface area (Å²) in [7, 11) is 0. The molecule has 0 aliphatic heterocycles. The van der Waals surface area contributed by atoms with Crippen LogP contribution in [0, 0.1) is 13.8 Å². The van der Waals surface area contributed by atoms with E-state index in [1.165, 1.54) is 0 Å². The Labute approximate surface area is 93.9 Å². The average Bonchev–Trinajstić information content (AvgIpc) is 2.58. The molecule has 0 aliphatic rings. The highest BCUT2D eigenvalue weighted by atomic mass is 16.1. The maximum absolute atomic E-state index is 10.8. The Hall–Kier alpha value is -1.97. The molecule has 0 amide bonds. The first-order valence-corrected chi connectivity index (χ1v) is 5.11. The number of carbonyl (C=O) groups is 1. The van der Waals surface area contributed by atoms with Gasteiger partial charge in [0, 0.05) is 23.1 Å². The van der Waals surface area contributed by atoms with Crippen molar-refractivity contribution < 1.29 is 4.79 Å². The second-order valence-electron chi connectivity index (χ2n) is 3.75. The Bertz CT molecular complexity index is 502. The standard InChI is InChI=1S/C12H13N3O/c1-9-6-11(8-16)10(2)15(9)7-12-4-3-5-13-14-12/h3-6,8H,7H2,1-2H3. The van der Waals surface area contributed by atoms with Gasteiger partial charge in [-0.2, -0.15) is 10.2 Å². The molecule has 2 heterocycles. The molecule has 16 heavy (non-hydrogen) atoms. The second-order valence-corrected chi connectivity index (χ2v) is 3.75. The minimum Gasteiger partial charge on any atom is -0.342 e. The van der Waals surface area contributed by atoms with Gasteiger partial charge in [-0.25, -0.2) is 0 Å². The lowest BCUT2D eigenvalue weighted by Gasteiger charge is -2.07. The van der Waals surface area contributed by atoms with Gasteiger partial charge in [-0.15, -0.1) is 0 Å². The molecule has 4 nitrogen and oxygen atoms in total. The molecule has 0 atom stereocenters. The summed E-state index contributed by atoms with van der Waals surface area (Å²) in [5.41, 5.74) is 3.66. The lowest BCUT2D eigenvalue weighted by Crippen LogP contribution is -2.06. The van der Waals surface area contributed by atoms with E-state index in [4.69, 9.17) is 0 Å². The Balaban J connectivity index is 2.35. The number of rotatable bonds is 3. The number of aromatic nitrogens is 3. The normalized spacial score (nSPS) is 10.4. The number of aldehydes is 1. The Morgan fingerprint density at radius 3 is 2.81 bits per heavy atom. The summed E-state index contributed by atoms with van der Waals surface area (Å²) in [4.78, 5) is 10.8. The molecule has 0 unspecified atom stereocenters. The molecule has 82 valence electrons. The van der Waals surface area contributed by atoms with E-state index in [9.17, 15) is 4.79 Å². The van der Waals surface area contributed by atoms with Gasteiger partial charge >= 0.3 is 0 Å². The smallest absolute Gasteiger partial charge is 0.151 e. The van der Waals surface area contributed by atoms with Crippen LogP contribution in [0.5, 0.6) is 0 Å². The summed E-state index contributed by atoms with van der Waals surface area (Å²) in [6.07, 6.45) is 2.53. The predicted molar refractivity (Wildman–Crippen MR) is 60.4 cm³/mol. The fourth-order valence-corrected chi connectivity index (χ4v) is 1.77. The zero-order valence-electron chi connectivity index (χ0n) is 9.34. The summed E-state index contributed by atoms with van der Waals surface area (Å²) < 4.78 is 2.06. The Morgan fingerprint density at radius 1 is 1.44 bits per heavy atom. The third kappa shape index (κ3) is 1.86. The minimum absolute atomic E-state index is 0.652. The Morgan fingerprint density at radius 2 is 2.25 bits per heavy atom. The predicted octanol–water partition coefficient (Wildman–Crippen LogP) is 1.76. The van der Waals surface area contributed by atoms with Crippen molar-refractivity contribution in [3.8, 4) is 0 Å². The molecule has 0 aromatic carbocycles. The van der Waals surface area contributed by atoms with Crippen LogP contribution in [-0.4, -0.2) is 21.1 Å². The van der Waals surface area contributed by atoms with Gasteiger partial charge < -0.3 is 4.57 Å².